The number of carboxylic acids is 1. The molecule has 2 fully saturated rings. The summed E-state index contributed by atoms with van der Waals surface area (Å²) in [6.07, 6.45) is -0.594. The van der Waals surface area contributed by atoms with Crippen molar-refractivity contribution in [1.82, 2.24) is 20.5 Å². The molecule has 3 aliphatic heterocycles. The summed E-state index contributed by atoms with van der Waals surface area (Å²) in [5.74, 6) is -4.75. The lowest BCUT2D eigenvalue weighted by atomic mass is 9.86. The van der Waals surface area contributed by atoms with Crippen LogP contribution in [-0.4, -0.2) is 87.1 Å². The van der Waals surface area contributed by atoms with E-state index in [-0.39, 0.29) is 35.1 Å². The second-order valence-electron chi connectivity index (χ2n) is 15.0. The van der Waals surface area contributed by atoms with E-state index in [0.717, 1.165) is 4.90 Å². The third-order valence-corrected chi connectivity index (χ3v) is 9.95. The third-order valence-electron chi connectivity index (χ3n) is 9.95. The van der Waals surface area contributed by atoms with Crippen LogP contribution in [0.25, 0.3) is 10.9 Å². The molecule has 1 saturated heterocycles. The fraction of sp³-hybridized carbons (Fsp3) is 0.556. The molecular formula is C36H41F3N4O9. The summed E-state index contributed by atoms with van der Waals surface area (Å²) in [6.45, 7) is 4.42. The van der Waals surface area contributed by atoms with Gasteiger partial charge < -0.3 is 34.9 Å². The maximum Gasteiger partial charge on any atom is 0.437 e. The number of rotatable bonds is 3. The molecule has 3 amide bonds. The molecule has 1 saturated carbocycles. The number of pyridine rings is 1. The first kappa shape index (κ1) is 36.9. The van der Waals surface area contributed by atoms with Crippen molar-refractivity contribution >= 4 is 40.6 Å². The maximum absolute atomic E-state index is 14.6. The number of fused-ring (bicyclic) bond motifs is 5. The highest BCUT2D eigenvalue weighted by atomic mass is 19.4. The molecule has 280 valence electrons. The van der Waals surface area contributed by atoms with Crippen molar-refractivity contribution < 1.29 is 56.5 Å². The number of hydrogen-bond donors (Lipinski definition) is 3. The van der Waals surface area contributed by atoms with E-state index < -0.39 is 101 Å². The minimum atomic E-state index is -5.06. The van der Waals surface area contributed by atoms with Crippen LogP contribution in [-0.2, 0) is 25.3 Å². The van der Waals surface area contributed by atoms with E-state index in [1.165, 1.54) is 25.3 Å². The Hall–Kier alpha value is -4.89. The van der Waals surface area contributed by atoms with Gasteiger partial charge in [-0.05, 0) is 64.7 Å². The highest BCUT2D eigenvalue weighted by Crippen LogP contribution is 2.50. The molecule has 3 N–H and O–H groups in total. The van der Waals surface area contributed by atoms with Gasteiger partial charge in [0.15, 0.2) is 17.2 Å². The van der Waals surface area contributed by atoms with Crippen molar-refractivity contribution in [2.45, 2.75) is 107 Å². The zero-order chi connectivity index (χ0) is 37.8. The van der Waals surface area contributed by atoms with Crippen LogP contribution in [0.3, 0.4) is 0 Å². The van der Waals surface area contributed by atoms with Crippen LogP contribution in [0.2, 0.25) is 0 Å². The molecule has 1 aliphatic carbocycles. The minimum Gasteiger partial charge on any atom is -0.497 e. The summed E-state index contributed by atoms with van der Waals surface area (Å²) in [4.78, 5) is 72.9. The molecule has 52 heavy (non-hydrogen) atoms. The normalized spacial score (nSPS) is 28.7. The van der Waals surface area contributed by atoms with Crippen LogP contribution in [0, 0.1) is 5.92 Å². The highest BCUT2D eigenvalue weighted by molar-refractivity contribution is 6.11. The predicted octanol–water partition coefficient (Wildman–Crippen LogP) is 4.94. The van der Waals surface area contributed by atoms with Gasteiger partial charge in [0, 0.05) is 17.7 Å². The van der Waals surface area contributed by atoms with Gasteiger partial charge in [0.05, 0.1) is 31.2 Å². The van der Waals surface area contributed by atoms with Crippen LogP contribution in [0.5, 0.6) is 11.5 Å². The fourth-order valence-corrected chi connectivity index (χ4v) is 7.39. The van der Waals surface area contributed by atoms with Crippen LogP contribution in [0.4, 0.5) is 18.0 Å². The Morgan fingerprint density at radius 2 is 1.87 bits per heavy atom. The first-order chi connectivity index (χ1) is 24.4. The number of amides is 3. The molecule has 13 nitrogen and oxygen atoms in total. The zero-order valence-corrected chi connectivity index (χ0v) is 29.2. The number of ketones is 1. The summed E-state index contributed by atoms with van der Waals surface area (Å²) < 4.78 is 60.5. The zero-order valence-electron chi connectivity index (χ0n) is 29.2. The van der Waals surface area contributed by atoms with Gasteiger partial charge in [0.25, 0.3) is 0 Å². The number of alkyl carbamates (subject to hydrolysis) is 1. The molecule has 0 bridgehead atoms. The number of allylic oxidation sites excluding steroid dienone is 1. The minimum absolute atomic E-state index is 0.0710. The SMILES string of the molecule is COc1ccc2nc(C(F)(F)F)c3c(c2c1)C(=O)C[C@]1(C[C@H]2C(=O)N[C@]4(C(=O)O)C[C@H]4/C=C\CCCCC[C@H](NC(=O)OC(C)(C)C)C(=O)N2C1)O3. The number of alkyl halides is 3. The van der Waals surface area contributed by atoms with E-state index in [0.29, 0.717) is 25.7 Å². The number of benzene rings is 1. The smallest absolute Gasteiger partial charge is 0.437 e. The van der Waals surface area contributed by atoms with Gasteiger partial charge in [-0.15, -0.1) is 0 Å². The van der Waals surface area contributed by atoms with Crippen molar-refractivity contribution in [2.75, 3.05) is 13.7 Å². The first-order valence-electron chi connectivity index (χ1n) is 17.2. The molecule has 0 unspecified atom stereocenters. The standard InChI is InChI=1S/C36H41F3N4O9/c1-33(2,3)52-32(49)41-23-11-9-7-5-6-8-10-19-15-35(19,31(47)48)42-29(45)24-16-34(18-43(24)30(23)46)17-25(44)26-21-14-20(50-4)12-13-22(21)40-28(27(26)51-34)36(37,38)39/h8,10,12-14,19,23-24H,5-7,9,11,15-18H2,1-4H3,(H,41,49)(H,42,45)(H,47,48)/b10-8-/t19-,23+,24+,34+,35-/m1/s1. The molecule has 1 aromatic carbocycles. The second-order valence-corrected chi connectivity index (χ2v) is 15.0. The molecule has 6 rings (SSSR count). The van der Waals surface area contributed by atoms with Crippen molar-refractivity contribution in [3.8, 4) is 11.5 Å². The lowest BCUT2D eigenvalue weighted by molar-refractivity contribution is -0.146. The lowest BCUT2D eigenvalue weighted by Gasteiger charge is -2.36. The number of ether oxygens (including phenoxy) is 3. The van der Waals surface area contributed by atoms with E-state index in [2.05, 4.69) is 15.6 Å². The van der Waals surface area contributed by atoms with Gasteiger partial charge >= 0.3 is 18.2 Å². The molecule has 4 aliphatic rings. The average Bonchev–Trinajstić information content (AvgIpc) is 3.63. The van der Waals surface area contributed by atoms with Gasteiger partial charge in [-0.3, -0.25) is 14.4 Å². The Balaban J connectivity index is 1.43. The van der Waals surface area contributed by atoms with Gasteiger partial charge in [0.2, 0.25) is 11.8 Å². The number of nitrogens with zero attached hydrogens (tertiary/aromatic N) is 2. The number of halogens is 3. The van der Waals surface area contributed by atoms with Gasteiger partial charge in [0.1, 0.15) is 34.6 Å². The van der Waals surface area contributed by atoms with Crippen molar-refractivity contribution in [3.05, 3.63) is 41.6 Å². The number of Topliss-reactive ketones (excluding diaryl/α,β-unsaturated/α-hetero) is 1. The number of carboxylic acid groups (broad SMARTS) is 1. The largest absolute Gasteiger partial charge is 0.497 e. The number of hydrogen-bond acceptors (Lipinski definition) is 9. The van der Waals surface area contributed by atoms with Crippen molar-refractivity contribution in [3.63, 3.8) is 0 Å². The first-order valence-corrected chi connectivity index (χ1v) is 17.2. The Morgan fingerprint density at radius 1 is 1.12 bits per heavy atom. The monoisotopic (exact) mass is 730 g/mol. The summed E-state index contributed by atoms with van der Waals surface area (Å²) in [6, 6.07) is 1.40. The van der Waals surface area contributed by atoms with E-state index in [9.17, 15) is 42.3 Å². The van der Waals surface area contributed by atoms with E-state index in [1.807, 2.05) is 6.08 Å². The van der Waals surface area contributed by atoms with E-state index >= 15 is 0 Å². The van der Waals surface area contributed by atoms with Crippen molar-refractivity contribution in [1.29, 1.82) is 0 Å². The molecule has 0 radical (unpaired) electrons. The van der Waals surface area contributed by atoms with E-state index in [1.54, 1.807) is 26.8 Å². The molecule has 2 aromatic rings. The van der Waals surface area contributed by atoms with E-state index in [4.69, 9.17) is 14.2 Å². The van der Waals surface area contributed by atoms with Crippen LogP contribution in [0.1, 0.15) is 88.2 Å². The molecular weight excluding hydrogens is 689 g/mol. The Labute approximate surface area is 297 Å². The Bertz CT molecular complexity index is 1860. The lowest BCUT2D eigenvalue weighted by Crippen LogP contribution is -2.56. The van der Waals surface area contributed by atoms with Gasteiger partial charge in [-0.1, -0.05) is 25.0 Å². The second kappa shape index (κ2) is 13.3. The van der Waals surface area contributed by atoms with Crippen LogP contribution >= 0.6 is 0 Å². The quantitative estimate of drug-likeness (QED) is 0.367. The number of methoxy groups -OCH3 is 1. The number of carbonyl (C=O) groups excluding carboxylic acids is 4. The number of aromatic nitrogens is 1. The topological polar surface area (TPSA) is 173 Å². The molecule has 5 atom stereocenters. The number of nitrogens with one attached hydrogen (secondary N) is 2. The van der Waals surface area contributed by atoms with Crippen molar-refractivity contribution in [2.24, 2.45) is 5.92 Å². The number of aliphatic carboxylic acids is 1. The number of carbonyl (C=O) groups is 5. The summed E-state index contributed by atoms with van der Waals surface area (Å²) in [5, 5.41) is 15.4. The Morgan fingerprint density at radius 3 is 2.54 bits per heavy atom. The third kappa shape index (κ3) is 7.11. The van der Waals surface area contributed by atoms with Crippen LogP contribution < -0.4 is 20.1 Å². The summed E-state index contributed by atoms with van der Waals surface area (Å²) >= 11 is 0. The predicted molar refractivity (Wildman–Crippen MR) is 178 cm³/mol. The molecule has 1 aromatic heterocycles. The maximum atomic E-state index is 14.6. The molecule has 1 spiro atoms. The summed E-state index contributed by atoms with van der Waals surface area (Å²) in [7, 11) is 1.36. The molecule has 16 heteroatoms. The average molecular weight is 731 g/mol. The molecule has 4 heterocycles. The fourth-order valence-electron chi connectivity index (χ4n) is 7.39. The highest BCUT2D eigenvalue weighted by Gasteiger charge is 2.63. The van der Waals surface area contributed by atoms with Gasteiger partial charge in [-0.25, -0.2) is 14.6 Å². The summed E-state index contributed by atoms with van der Waals surface area (Å²) in [5.41, 5.74) is -6.33. The van der Waals surface area contributed by atoms with Crippen LogP contribution in [0.15, 0.2) is 30.4 Å². The Kier molecular flexibility index (Phi) is 9.41. The van der Waals surface area contributed by atoms with Gasteiger partial charge in [-0.2, -0.15) is 13.2 Å².